The lowest BCUT2D eigenvalue weighted by atomic mass is 10.1. The smallest absolute Gasteiger partial charge is 0.303 e. The fourth-order valence-corrected chi connectivity index (χ4v) is 1.23. The number of rotatable bonds is 1. The van der Waals surface area contributed by atoms with Gasteiger partial charge in [-0.25, -0.2) is 4.79 Å². The molecule has 13 heavy (non-hydrogen) atoms. The first-order valence-electron chi connectivity index (χ1n) is 4.21. The van der Waals surface area contributed by atoms with Gasteiger partial charge in [-0.05, 0) is 5.92 Å². The van der Waals surface area contributed by atoms with Crippen LogP contribution < -0.4 is 11.2 Å². The third-order valence-corrected chi connectivity index (χ3v) is 2.09. The molecule has 0 aliphatic heterocycles. The van der Waals surface area contributed by atoms with Crippen LogP contribution >= 0.6 is 0 Å². The summed E-state index contributed by atoms with van der Waals surface area (Å²) in [6, 6.07) is 0. The second-order valence-electron chi connectivity index (χ2n) is 3.50. The van der Waals surface area contributed by atoms with Crippen molar-refractivity contribution in [3.8, 4) is 0 Å². The Labute approximate surface area is 76.4 Å². The first-order chi connectivity index (χ1) is 5.95. The van der Waals surface area contributed by atoms with Gasteiger partial charge < -0.3 is 4.57 Å². The summed E-state index contributed by atoms with van der Waals surface area (Å²) in [4.78, 5) is 22.8. The van der Waals surface area contributed by atoms with Crippen molar-refractivity contribution < 1.29 is 0 Å². The number of hydrogen-bond acceptors (Lipinski definition) is 2. The maximum atomic E-state index is 11.5. The molecule has 1 heterocycles. The summed E-state index contributed by atoms with van der Waals surface area (Å²) in [5, 5.41) is 0. The van der Waals surface area contributed by atoms with Gasteiger partial charge in [-0.2, -0.15) is 0 Å². The monoisotopic (exact) mass is 182 g/mol. The summed E-state index contributed by atoms with van der Waals surface area (Å²) in [7, 11) is 3.14. The van der Waals surface area contributed by atoms with Gasteiger partial charge in [0.25, 0.3) is 5.56 Å². The van der Waals surface area contributed by atoms with E-state index in [0.717, 1.165) is 4.57 Å². The van der Waals surface area contributed by atoms with Crippen molar-refractivity contribution in [3.63, 3.8) is 0 Å². The van der Waals surface area contributed by atoms with Gasteiger partial charge in [0.1, 0.15) is 0 Å². The summed E-state index contributed by atoms with van der Waals surface area (Å²) in [5.74, 6) is 0.144. The zero-order valence-corrected chi connectivity index (χ0v) is 8.37. The highest BCUT2D eigenvalue weighted by atomic mass is 16.2. The van der Waals surface area contributed by atoms with E-state index in [9.17, 15) is 9.59 Å². The van der Waals surface area contributed by atoms with Gasteiger partial charge in [0.2, 0.25) is 0 Å². The lowest BCUT2D eigenvalue weighted by Crippen LogP contribution is -2.38. The highest BCUT2D eigenvalue weighted by molar-refractivity contribution is 5.09. The third-order valence-electron chi connectivity index (χ3n) is 2.09. The van der Waals surface area contributed by atoms with Gasteiger partial charge in [-0.1, -0.05) is 13.8 Å². The van der Waals surface area contributed by atoms with Crippen LogP contribution in [0, 0.1) is 0 Å². The normalized spacial score (nSPS) is 10.8. The maximum absolute atomic E-state index is 11.5. The molecular formula is C9H14N2O2. The van der Waals surface area contributed by atoms with Crippen LogP contribution in [0.4, 0.5) is 0 Å². The minimum absolute atomic E-state index is 0.144. The highest BCUT2D eigenvalue weighted by Gasteiger charge is 2.09. The first-order valence-corrected chi connectivity index (χ1v) is 4.21. The molecule has 0 N–H and O–H groups in total. The van der Waals surface area contributed by atoms with E-state index in [0.29, 0.717) is 5.56 Å². The summed E-state index contributed by atoms with van der Waals surface area (Å²) >= 11 is 0. The van der Waals surface area contributed by atoms with Gasteiger partial charge in [-0.3, -0.25) is 9.36 Å². The largest absolute Gasteiger partial charge is 0.330 e. The molecule has 0 bridgehead atoms. The SMILES string of the molecule is CC(C)c1cn(C)c(=O)n(C)c1=O. The predicted octanol–water partition coefficient (Wildman–Crippen LogP) is 0.207. The predicted molar refractivity (Wildman–Crippen MR) is 51.0 cm³/mol. The lowest BCUT2D eigenvalue weighted by Gasteiger charge is -2.08. The van der Waals surface area contributed by atoms with Crippen molar-refractivity contribution in [3.05, 3.63) is 32.6 Å². The summed E-state index contributed by atoms with van der Waals surface area (Å²) in [6.07, 6.45) is 1.61. The van der Waals surface area contributed by atoms with Gasteiger partial charge in [0, 0.05) is 25.9 Å². The quantitative estimate of drug-likeness (QED) is 0.623. The zero-order chi connectivity index (χ0) is 10.2. The van der Waals surface area contributed by atoms with Crippen LogP contribution in [0.2, 0.25) is 0 Å². The number of aryl methyl sites for hydroxylation is 1. The van der Waals surface area contributed by atoms with Crippen molar-refractivity contribution in [1.82, 2.24) is 9.13 Å². The van der Waals surface area contributed by atoms with Crippen LogP contribution in [-0.4, -0.2) is 9.13 Å². The molecule has 0 radical (unpaired) electrons. The van der Waals surface area contributed by atoms with Crippen molar-refractivity contribution >= 4 is 0 Å². The Hall–Kier alpha value is -1.32. The highest BCUT2D eigenvalue weighted by Crippen LogP contribution is 2.06. The Morgan fingerprint density at radius 1 is 1.23 bits per heavy atom. The van der Waals surface area contributed by atoms with E-state index < -0.39 is 0 Å². The van der Waals surface area contributed by atoms with E-state index in [-0.39, 0.29) is 17.2 Å². The van der Waals surface area contributed by atoms with Crippen molar-refractivity contribution in [1.29, 1.82) is 0 Å². The standard InChI is InChI=1S/C9H14N2O2/c1-6(2)7-5-10(3)9(13)11(4)8(7)12/h5-6H,1-4H3. The molecule has 1 aromatic rings. The Bertz CT molecular complexity index is 426. The second-order valence-corrected chi connectivity index (χ2v) is 3.50. The van der Waals surface area contributed by atoms with Crippen LogP contribution in [0.1, 0.15) is 25.3 Å². The molecule has 0 spiro atoms. The molecular weight excluding hydrogens is 168 g/mol. The van der Waals surface area contributed by atoms with E-state index in [2.05, 4.69) is 0 Å². The second kappa shape index (κ2) is 3.20. The van der Waals surface area contributed by atoms with Crippen molar-refractivity contribution in [2.24, 2.45) is 14.1 Å². The molecule has 0 saturated heterocycles. The Morgan fingerprint density at radius 2 is 1.77 bits per heavy atom. The molecule has 0 amide bonds. The van der Waals surface area contributed by atoms with Crippen LogP contribution in [0.25, 0.3) is 0 Å². The maximum Gasteiger partial charge on any atom is 0.330 e. The molecule has 0 unspecified atom stereocenters. The lowest BCUT2D eigenvalue weighted by molar-refractivity contribution is 0.653. The summed E-state index contributed by atoms with van der Waals surface area (Å²) < 4.78 is 2.56. The zero-order valence-electron chi connectivity index (χ0n) is 8.37. The number of hydrogen-bond donors (Lipinski definition) is 0. The van der Waals surface area contributed by atoms with Gasteiger partial charge >= 0.3 is 5.69 Å². The average molecular weight is 182 g/mol. The molecule has 0 aromatic carbocycles. The molecule has 0 aliphatic rings. The fraction of sp³-hybridized carbons (Fsp3) is 0.556. The average Bonchev–Trinajstić information content (AvgIpc) is 2.07. The third kappa shape index (κ3) is 1.56. The Morgan fingerprint density at radius 3 is 2.23 bits per heavy atom. The van der Waals surface area contributed by atoms with Gasteiger partial charge in [0.05, 0.1) is 0 Å². The molecule has 1 rings (SSSR count). The summed E-state index contributed by atoms with van der Waals surface area (Å²) in [5.41, 5.74) is 0.192. The van der Waals surface area contributed by atoms with Crippen LogP contribution in [-0.2, 0) is 14.1 Å². The molecule has 4 heteroatoms. The summed E-state index contributed by atoms with van der Waals surface area (Å²) in [6.45, 7) is 3.86. The topological polar surface area (TPSA) is 44.0 Å². The minimum Gasteiger partial charge on any atom is -0.303 e. The first kappa shape index (κ1) is 9.77. The Kier molecular flexibility index (Phi) is 2.40. The van der Waals surface area contributed by atoms with Crippen LogP contribution in [0.5, 0.6) is 0 Å². The van der Waals surface area contributed by atoms with E-state index in [4.69, 9.17) is 0 Å². The van der Waals surface area contributed by atoms with E-state index in [1.54, 1.807) is 13.2 Å². The molecule has 0 atom stereocenters. The van der Waals surface area contributed by atoms with Crippen LogP contribution in [0.15, 0.2) is 15.8 Å². The van der Waals surface area contributed by atoms with E-state index in [1.807, 2.05) is 13.8 Å². The van der Waals surface area contributed by atoms with Gasteiger partial charge in [-0.15, -0.1) is 0 Å². The molecule has 0 saturated carbocycles. The number of nitrogens with zero attached hydrogens (tertiary/aromatic N) is 2. The van der Waals surface area contributed by atoms with Gasteiger partial charge in [0.15, 0.2) is 0 Å². The van der Waals surface area contributed by atoms with Crippen molar-refractivity contribution in [2.75, 3.05) is 0 Å². The molecule has 4 nitrogen and oxygen atoms in total. The van der Waals surface area contributed by atoms with Crippen molar-refractivity contribution in [2.45, 2.75) is 19.8 Å². The Balaban J connectivity index is 3.60. The molecule has 0 aliphatic carbocycles. The molecule has 0 fully saturated rings. The molecule has 1 aromatic heterocycles. The van der Waals surface area contributed by atoms with Crippen LogP contribution in [0.3, 0.4) is 0 Å². The fourth-order valence-electron chi connectivity index (χ4n) is 1.23. The number of aromatic nitrogens is 2. The molecule has 72 valence electrons. The van der Waals surface area contributed by atoms with E-state index >= 15 is 0 Å². The van der Waals surface area contributed by atoms with E-state index in [1.165, 1.54) is 11.6 Å². The minimum atomic E-state index is -0.283.